The monoisotopic (exact) mass is 533 g/mol. The minimum Gasteiger partial charge on any atom is -0.496 e. The Morgan fingerprint density at radius 1 is 1.28 bits per heavy atom. The fraction of sp³-hybridized carbons (Fsp3) is 0.520. The van der Waals surface area contributed by atoms with Crippen LogP contribution in [0, 0.1) is 17.2 Å². The van der Waals surface area contributed by atoms with Gasteiger partial charge in [0.05, 0.1) is 18.7 Å². The van der Waals surface area contributed by atoms with Crippen LogP contribution in [0.5, 0.6) is 5.75 Å². The van der Waals surface area contributed by atoms with Gasteiger partial charge in [0.15, 0.2) is 0 Å². The van der Waals surface area contributed by atoms with E-state index in [1.165, 1.54) is 7.11 Å². The molecular formula is C25H32ClN5O4S. The van der Waals surface area contributed by atoms with E-state index in [1.807, 2.05) is 0 Å². The average Bonchev–Trinajstić information content (AvgIpc) is 3.27. The number of carbonyl (C=O) groups is 3. The Morgan fingerprint density at radius 2 is 2.00 bits per heavy atom. The number of ether oxygens (including phenoxy) is 1. The van der Waals surface area contributed by atoms with Gasteiger partial charge in [-0.05, 0) is 62.6 Å². The van der Waals surface area contributed by atoms with Gasteiger partial charge in [-0.15, -0.1) is 0 Å². The van der Waals surface area contributed by atoms with Crippen molar-refractivity contribution in [2.75, 3.05) is 31.6 Å². The topological polar surface area (TPSA) is 136 Å². The molecule has 2 aliphatic rings. The lowest BCUT2D eigenvalue weighted by atomic mass is 9.96. The van der Waals surface area contributed by atoms with Crippen molar-refractivity contribution in [3.8, 4) is 11.8 Å². The van der Waals surface area contributed by atoms with Crippen molar-refractivity contribution < 1.29 is 19.1 Å². The molecule has 3 unspecified atom stereocenters. The normalized spacial score (nSPS) is 20.3. The van der Waals surface area contributed by atoms with E-state index in [9.17, 15) is 19.6 Å². The van der Waals surface area contributed by atoms with Crippen LogP contribution in [0.3, 0.4) is 0 Å². The number of halogens is 1. The van der Waals surface area contributed by atoms with Gasteiger partial charge in [-0.2, -0.15) is 5.26 Å². The second-order valence-corrected chi connectivity index (χ2v) is 15.6. The van der Waals surface area contributed by atoms with Crippen molar-refractivity contribution in [1.82, 2.24) is 20.9 Å². The molecule has 2 aromatic rings. The number of hydrogen-bond donors (Lipinski definition) is 4. The second kappa shape index (κ2) is 9.87. The van der Waals surface area contributed by atoms with Crippen LogP contribution >= 0.6 is 21.6 Å². The number of fused-ring (bicyclic) bond motifs is 1. The second-order valence-electron chi connectivity index (χ2n) is 10.6. The first-order chi connectivity index (χ1) is 16.9. The van der Waals surface area contributed by atoms with E-state index in [0.717, 1.165) is 12.8 Å². The first-order valence-corrected chi connectivity index (χ1v) is 15.2. The van der Waals surface area contributed by atoms with Gasteiger partial charge < -0.3 is 25.7 Å². The molecule has 1 aliphatic carbocycles. The highest BCUT2D eigenvalue weighted by molar-refractivity contribution is 8.32. The van der Waals surface area contributed by atoms with Gasteiger partial charge in [0.1, 0.15) is 23.5 Å². The zero-order valence-corrected chi connectivity index (χ0v) is 22.4. The standard InChI is InChI=1S/C25H32ClN5O4S/c1-35-21-9-15(26)8-18-17(21)10-19(29-18)23(33)30-20(13-36(2,3)4)24(34)28-16(12-27)7-14-11-25(5-6-25)31-22(14)32/h8-10,14,16,20,29H,5-7,11,13H2,1-4H3,(H,28,34)(H,30,33)(H,31,32). The van der Waals surface area contributed by atoms with E-state index >= 15 is 0 Å². The van der Waals surface area contributed by atoms with Gasteiger partial charge >= 0.3 is 0 Å². The van der Waals surface area contributed by atoms with Crippen molar-refractivity contribution in [3.63, 3.8) is 0 Å². The van der Waals surface area contributed by atoms with Gasteiger partial charge in [0.25, 0.3) is 5.91 Å². The summed E-state index contributed by atoms with van der Waals surface area (Å²) in [6.45, 7) is 0. The highest BCUT2D eigenvalue weighted by Gasteiger charge is 2.52. The molecule has 2 heterocycles. The molecule has 1 aromatic carbocycles. The third-order valence-electron chi connectivity index (χ3n) is 6.66. The maximum Gasteiger partial charge on any atom is 0.268 e. The number of rotatable bonds is 9. The first kappa shape index (κ1) is 26.2. The van der Waals surface area contributed by atoms with Crippen LogP contribution in [0.15, 0.2) is 18.2 Å². The summed E-state index contributed by atoms with van der Waals surface area (Å²) in [6.07, 6.45) is 9.03. The largest absolute Gasteiger partial charge is 0.496 e. The maximum absolute atomic E-state index is 13.3. The maximum atomic E-state index is 13.3. The van der Waals surface area contributed by atoms with Crippen molar-refractivity contribution in [1.29, 1.82) is 5.26 Å². The quantitative estimate of drug-likeness (QED) is 0.393. The molecule has 3 atom stereocenters. The number of hydrogen-bond acceptors (Lipinski definition) is 5. The Labute approximate surface area is 217 Å². The van der Waals surface area contributed by atoms with E-state index < -0.39 is 33.9 Å². The van der Waals surface area contributed by atoms with Crippen molar-refractivity contribution in [2.45, 2.75) is 43.3 Å². The van der Waals surface area contributed by atoms with Gasteiger partial charge in [-0.1, -0.05) is 11.6 Å². The van der Waals surface area contributed by atoms with Crippen LogP contribution in [0.25, 0.3) is 10.9 Å². The predicted octanol–water partition coefficient (Wildman–Crippen LogP) is 2.69. The molecule has 1 saturated heterocycles. The van der Waals surface area contributed by atoms with Gasteiger partial charge in [0, 0.05) is 27.6 Å². The summed E-state index contributed by atoms with van der Waals surface area (Å²) in [5.74, 6) is -0.277. The third-order valence-corrected chi connectivity index (χ3v) is 8.21. The highest BCUT2D eigenvalue weighted by Crippen LogP contribution is 2.46. The molecule has 36 heavy (non-hydrogen) atoms. The van der Waals surface area contributed by atoms with Gasteiger partial charge in [-0.25, -0.2) is 10.0 Å². The summed E-state index contributed by atoms with van der Waals surface area (Å²) in [5, 5.41) is 19.5. The first-order valence-electron chi connectivity index (χ1n) is 11.8. The highest BCUT2D eigenvalue weighted by atomic mass is 35.5. The lowest BCUT2D eigenvalue weighted by molar-refractivity contribution is -0.125. The molecule has 1 spiro atoms. The Kier molecular flexibility index (Phi) is 7.17. The van der Waals surface area contributed by atoms with Crippen LogP contribution in [0.2, 0.25) is 5.02 Å². The molecule has 4 N–H and O–H groups in total. The zero-order chi connectivity index (χ0) is 26.3. The number of nitriles is 1. The number of benzene rings is 1. The molecule has 1 aromatic heterocycles. The Balaban J connectivity index is 1.47. The predicted molar refractivity (Wildman–Crippen MR) is 142 cm³/mol. The number of H-pyrrole nitrogens is 1. The molecule has 1 saturated carbocycles. The molecule has 2 fully saturated rings. The zero-order valence-electron chi connectivity index (χ0n) is 20.9. The SMILES string of the molecule is COc1cc(Cl)cc2[nH]c(C(=O)NC(CS(C)(C)C)C(=O)NC(C#N)CC3CC4(CC4)NC3=O)cc12. The van der Waals surface area contributed by atoms with E-state index in [0.29, 0.717) is 33.8 Å². The Morgan fingerprint density at radius 3 is 2.58 bits per heavy atom. The Bertz CT molecular complexity index is 1240. The third kappa shape index (κ3) is 5.90. The van der Waals surface area contributed by atoms with E-state index in [2.05, 4.69) is 45.8 Å². The van der Waals surface area contributed by atoms with Crippen molar-refractivity contribution >= 4 is 50.3 Å². The molecule has 0 radical (unpaired) electrons. The van der Waals surface area contributed by atoms with Crippen LogP contribution in [-0.4, -0.2) is 72.0 Å². The summed E-state index contributed by atoms with van der Waals surface area (Å²) < 4.78 is 5.37. The molecule has 11 heteroatoms. The number of carbonyl (C=O) groups excluding carboxylic acids is 3. The minimum absolute atomic E-state index is 0.0552. The molecule has 3 amide bonds. The number of amides is 3. The summed E-state index contributed by atoms with van der Waals surface area (Å²) >= 11 is 6.14. The van der Waals surface area contributed by atoms with Gasteiger partial charge in [0.2, 0.25) is 11.8 Å². The molecular weight excluding hydrogens is 502 g/mol. The number of aromatic nitrogens is 1. The fourth-order valence-electron chi connectivity index (χ4n) is 4.73. The summed E-state index contributed by atoms with van der Waals surface area (Å²) in [6, 6.07) is 5.47. The molecule has 194 valence electrons. The van der Waals surface area contributed by atoms with Crippen LogP contribution in [0.1, 0.15) is 36.2 Å². The average molecular weight is 534 g/mol. The summed E-state index contributed by atoms with van der Waals surface area (Å²) in [7, 11) is 0.335. The lowest BCUT2D eigenvalue weighted by Gasteiger charge is -2.31. The molecule has 0 bridgehead atoms. The van der Waals surface area contributed by atoms with E-state index in [-0.39, 0.29) is 29.5 Å². The van der Waals surface area contributed by atoms with Crippen LogP contribution in [-0.2, 0) is 9.59 Å². The minimum atomic E-state index is -1.19. The summed E-state index contributed by atoms with van der Waals surface area (Å²) in [4.78, 5) is 41.8. The number of nitrogens with zero attached hydrogens (tertiary/aromatic N) is 1. The lowest BCUT2D eigenvalue weighted by Crippen LogP contribution is -2.52. The van der Waals surface area contributed by atoms with Gasteiger partial charge in [-0.3, -0.25) is 14.4 Å². The fourth-order valence-corrected chi connectivity index (χ4v) is 6.17. The molecule has 1 aliphatic heterocycles. The Hall–Kier alpha value is -2.90. The molecule has 4 rings (SSSR count). The number of methoxy groups -OCH3 is 1. The molecule has 9 nitrogen and oxygen atoms in total. The smallest absolute Gasteiger partial charge is 0.268 e. The number of nitrogens with one attached hydrogen (secondary N) is 4. The van der Waals surface area contributed by atoms with Crippen molar-refractivity contribution in [2.24, 2.45) is 5.92 Å². The van der Waals surface area contributed by atoms with Crippen LogP contribution in [0.4, 0.5) is 0 Å². The van der Waals surface area contributed by atoms with Crippen molar-refractivity contribution in [3.05, 3.63) is 28.9 Å². The van der Waals surface area contributed by atoms with E-state index in [1.54, 1.807) is 18.2 Å². The number of aromatic amines is 1. The van der Waals surface area contributed by atoms with E-state index in [4.69, 9.17) is 16.3 Å². The summed E-state index contributed by atoms with van der Waals surface area (Å²) in [5.41, 5.74) is 0.811. The van der Waals surface area contributed by atoms with Crippen LogP contribution < -0.4 is 20.7 Å².